The molecule has 1 aliphatic heterocycles. The van der Waals surface area contributed by atoms with Gasteiger partial charge in [0, 0.05) is 17.0 Å². The van der Waals surface area contributed by atoms with Gasteiger partial charge in [-0.25, -0.2) is 8.78 Å². The van der Waals surface area contributed by atoms with Crippen LogP contribution in [0.3, 0.4) is 0 Å². The van der Waals surface area contributed by atoms with Crippen LogP contribution in [-0.4, -0.2) is 30.7 Å². The first-order chi connectivity index (χ1) is 8.50. The summed E-state index contributed by atoms with van der Waals surface area (Å²) in [6.45, 7) is -0.435. The van der Waals surface area contributed by atoms with Crippen molar-refractivity contribution in [1.29, 1.82) is 0 Å². The lowest BCUT2D eigenvalue weighted by Gasteiger charge is -2.11. The summed E-state index contributed by atoms with van der Waals surface area (Å²) in [4.78, 5) is 12.8. The molecule has 1 atom stereocenters. The Hall–Kier alpha value is -0.850. The first kappa shape index (κ1) is 16.2. The average Bonchev–Trinajstić information content (AvgIpc) is 2.70. The molecule has 1 aromatic carbocycles. The van der Waals surface area contributed by atoms with Gasteiger partial charge in [0.25, 0.3) is 5.92 Å². The summed E-state index contributed by atoms with van der Waals surface area (Å²) in [7, 11) is 0. The van der Waals surface area contributed by atoms with E-state index in [-0.39, 0.29) is 12.4 Å². The SMILES string of the molecule is CSc1cccc(NC(=O)C2CC(F)(F)CN2)c1.Cl. The number of nitrogens with one attached hydrogen (secondary N) is 2. The minimum absolute atomic E-state index is 0. The van der Waals surface area contributed by atoms with Crippen LogP contribution in [0.5, 0.6) is 0 Å². The molecular weight excluding hydrogens is 294 g/mol. The van der Waals surface area contributed by atoms with Crippen LogP contribution in [0.1, 0.15) is 6.42 Å². The molecule has 0 aliphatic carbocycles. The Kier molecular flexibility index (Phi) is 5.58. The van der Waals surface area contributed by atoms with E-state index in [9.17, 15) is 13.6 Å². The zero-order valence-electron chi connectivity index (χ0n) is 10.3. The molecule has 0 radical (unpaired) electrons. The van der Waals surface area contributed by atoms with Gasteiger partial charge in [0.1, 0.15) is 0 Å². The number of hydrogen-bond donors (Lipinski definition) is 2. The smallest absolute Gasteiger partial charge is 0.262 e. The van der Waals surface area contributed by atoms with Crippen LogP contribution in [0.15, 0.2) is 29.2 Å². The molecule has 19 heavy (non-hydrogen) atoms. The van der Waals surface area contributed by atoms with Crippen molar-refractivity contribution < 1.29 is 13.6 Å². The van der Waals surface area contributed by atoms with Gasteiger partial charge in [0.05, 0.1) is 12.6 Å². The lowest BCUT2D eigenvalue weighted by molar-refractivity contribution is -0.118. The summed E-state index contributed by atoms with van der Waals surface area (Å²) in [5.74, 6) is -3.20. The molecule has 0 saturated carbocycles. The van der Waals surface area contributed by atoms with E-state index < -0.39 is 30.8 Å². The van der Waals surface area contributed by atoms with Crippen LogP contribution in [0.4, 0.5) is 14.5 Å². The summed E-state index contributed by atoms with van der Waals surface area (Å²) in [6, 6.07) is 6.47. The van der Waals surface area contributed by atoms with Crippen molar-refractivity contribution in [2.75, 3.05) is 18.1 Å². The van der Waals surface area contributed by atoms with Gasteiger partial charge in [0.15, 0.2) is 0 Å². The van der Waals surface area contributed by atoms with Crippen molar-refractivity contribution in [3.8, 4) is 0 Å². The van der Waals surface area contributed by atoms with Crippen molar-refractivity contribution >= 4 is 35.8 Å². The van der Waals surface area contributed by atoms with Gasteiger partial charge in [0.2, 0.25) is 5.91 Å². The van der Waals surface area contributed by atoms with E-state index in [0.717, 1.165) is 4.90 Å². The maximum Gasteiger partial charge on any atom is 0.262 e. The Morgan fingerprint density at radius 2 is 2.26 bits per heavy atom. The number of benzene rings is 1. The maximum atomic E-state index is 13.0. The number of carbonyl (C=O) groups is 1. The molecule has 7 heteroatoms. The average molecular weight is 309 g/mol. The molecule has 106 valence electrons. The van der Waals surface area contributed by atoms with E-state index in [1.165, 1.54) is 0 Å². The molecule has 1 aromatic rings. The predicted molar refractivity (Wildman–Crippen MR) is 75.5 cm³/mol. The minimum Gasteiger partial charge on any atom is -0.325 e. The van der Waals surface area contributed by atoms with E-state index in [1.54, 1.807) is 17.8 Å². The van der Waals surface area contributed by atoms with Crippen molar-refractivity contribution in [3.05, 3.63) is 24.3 Å². The maximum absolute atomic E-state index is 13.0. The van der Waals surface area contributed by atoms with Crippen molar-refractivity contribution in [2.24, 2.45) is 0 Å². The lowest BCUT2D eigenvalue weighted by atomic mass is 10.2. The highest BCUT2D eigenvalue weighted by molar-refractivity contribution is 7.98. The van der Waals surface area contributed by atoms with Crippen molar-refractivity contribution in [2.45, 2.75) is 23.3 Å². The zero-order valence-corrected chi connectivity index (χ0v) is 11.9. The second-order valence-electron chi connectivity index (χ2n) is 4.21. The fourth-order valence-electron chi connectivity index (χ4n) is 1.83. The molecule has 3 nitrogen and oxygen atoms in total. The fourth-order valence-corrected chi connectivity index (χ4v) is 2.29. The Morgan fingerprint density at radius 3 is 2.84 bits per heavy atom. The third-order valence-corrected chi connectivity index (χ3v) is 3.49. The van der Waals surface area contributed by atoms with Gasteiger partial charge in [-0.3, -0.25) is 10.1 Å². The Morgan fingerprint density at radius 1 is 1.53 bits per heavy atom. The fraction of sp³-hybridized carbons (Fsp3) is 0.417. The van der Waals surface area contributed by atoms with Gasteiger partial charge < -0.3 is 5.32 Å². The highest BCUT2D eigenvalue weighted by Gasteiger charge is 2.42. The molecule has 1 fully saturated rings. The summed E-state index contributed by atoms with van der Waals surface area (Å²) >= 11 is 1.56. The number of amides is 1. The summed E-state index contributed by atoms with van der Waals surface area (Å²) < 4.78 is 25.9. The van der Waals surface area contributed by atoms with Crippen LogP contribution in [0.2, 0.25) is 0 Å². The molecule has 1 unspecified atom stereocenters. The Balaban J connectivity index is 0.00000180. The monoisotopic (exact) mass is 308 g/mol. The highest BCUT2D eigenvalue weighted by Crippen LogP contribution is 2.26. The van der Waals surface area contributed by atoms with Gasteiger partial charge >= 0.3 is 0 Å². The van der Waals surface area contributed by atoms with Gasteiger partial charge in [-0.2, -0.15) is 0 Å². The number of carbonyl (C=O) groups excluding carboxylic acids is 1. The largest absolute Gasteiger partial charge is 0.325 e. The first-order valence-electron chi connectivity index (χ1n) is 5.56. The van der Waals surface area contributed by atoms with E-state index in [1.807, 2.05) is 24.5 Å². The predicted octanol–water partition coefficient (Wildman–Crippen LogP) is 2.77. The van der Waals surface area contributed by atoms with Crippen molar-refractivity contribution in [3.63, 3.8) is 0 Å². The second-order valence-corrected chi connectivity index (χ2v) is 5.09. The number of anilines is 1. The van der Waals surface area contributed by atoms with E-state index in [2.05, 4.69) is 10.6 Å². The summed E-state index contributed by atoms with van der Waals surface area (Å²) in [6.07, 6.45) is 1.49. The van der Waals surface area contributed by atoms with Crippen LogP contribution in [0, 0.1) is 0 Å². The summed E-state index contributed by atoms with van der Waals surface area (Å²) in [5.41, 5.74) is 0.629. The normalized spacial score (nSPS) is 20.7. The second kappa shape index (κ2) is 6.54. The van der Waals surface area contributed by atoms with Crippen LogP contribution in [0.25, 0.3) is 0 Å². The Labute approximate surface area is 120 Å². The molecule has 1 amide bonds. The molecule has 1 heterocycles. The number of halogens is 3. The van der Waals surface area contributed by atoms with E-state index in [4.69, 9.17) is 0 Å². The minimum atomic E-state index is -2.79. The van der Waals surface area contributed by atoms with Crippen molar-refractivity contribution in [1.82, 2.24) is 5.32 Å². The molecule has 2 rings (SSSR count). The summed E-state index contributed by atoms with van der Waals surface area (Å²) in [5, 5.41) is 5.18. The van der Waals surface area contributed by atoms with Crippen LogP contribution in [-0.2, 0) is 4.79 Å². The Bertz CT molecular complexity index is 459. The molecule has 2 N–H and O–H groups in total. The van der Waals surface area contributed by atoms with Crippen LogP contribution < -0.4 is 10.6 Å². The topological polar surface area (TPSA) is 41.1 Å². The standard InChI is InChI=1S/C12H14F2N2OS.ClH/c1-18-9-4-2-3-8(5-9)16-11(17)10-6-12(13,14)7-15-10;/h2-5,10,15H,6-7H2,1H3,(H,16,17);1H. The number of thioether (sulfide) groups is 1. The van der Waals surface area contributed by atoms with Crippen LogP contribution >= 0.6 is 24.2 Å². The van der Waals surface area contributed by atoms with Gasteiger partial charge in [-0.15, -0.1) is 24.2 Å². The molecule has 1 aliphatic rings. The van der Waals surface area contributed by atoms with E-state index >= 15 is 0 Å². The molecular formula is C12H15ClF2N2OS. The highest BCUT2D eigenvalue weighted by atomic mass is 35.5. The third kappa shape index (κ3) is 4.33. The quantitative estimate of drug-likeness (QED) is 0.844. The molecule has 1 saturated heterocycles. The number of rotatable bonds is 3. The third-order valence-electron chi connectivity index (χ3n) is 2.76. The zero-order chi connectivity index (χ0) is 13.2. The number of alkyl halides is 2. The first-order valence-corrected chi connectivity index (χ1v) is 6.79. The molecule has 0 spiro atoms. The number of hydrogen-bond acceptors (Lipinski definition) is 3. The lowest BCUT2D eigenvalue weighted by Crippen LogP contribution is -2.35. The van der Waals surface area contributed by atoms with E-state index in [0.29, 0.717) is 5.69 Å². The molecule has 0 aromatic heterocycles. The van der Waals surface area contributed by atoms with Gasteiger partial charge in [-0.05, 0) is 24.5 Å². The van der Waals surface area contributed by atoms with Gasteiger partial charge in [-0.1, -0.05) is 6.07 Å². The molecule has 0 bridgehead atoms.